The Kier molecular flexibility index (Phi) is 5.27. The molecule has 19 heavy (non-hydrogen) atoms. The summed E-state index contributed by atoms with van der Waals surface area (Å²) in [5.74, 6) is 1.77. The lowest BCUT2D eigenvalue weighted by molar-refractivity contribution is 0.000293. The van der Waals surface area contributed by atoms with Crippen molar-refractivity contribution < 1.29 is 0 Å². The van der Waals surface area contributed by atoms with Crippen molar-refractivity contribution >= 4 is 0 Å². The zero-order valence-corrected chi connectivity index (χ0v) is 13.2. The molecule has 0 spiro atoms. The number of likely N-dealkylation sites (N-methyl/N-ethyl adjacent to an activating group) is 1. The van der Waals surface area contributed by atoms with Crippen LogP contribution >= 0.6 is 0 Å². The predicted octanol–water partition coefficient (Wildman–Crippen LogP) is 2.17. The maximum atomic E-state index is 6.20. The number of nitrogens with zero attached hydrogens (tertiary/aromatic N) is 2. The quantitative estimate of drug-likeness (QED) is 0.847. The van der Waals surface area contributed by atoms with Gasteiger partial charge in [0.15, 0.2) is 0 Å². The third kappa shape index (κ3) is 3.32. The van der Waals surface area contributed by atoms with Gasteiger partial charge in [-0.3, -0.25) is 4.90 Å². The molecule has 1 heterocycles. The molecule has 1 saturated heterocycles. The maximum Gasteiger partial charge on any atom is 0.0333 e. The molecule has 0 aromatic carbocycles. The minimum Gasteiger partial charge on any atom is -0.329 e. The Hall–Kier alpha value is -0.120. The van der Waals surface area contributed by atoms with Gasteiger partial charge in [-0.15, -0.1) is 0 Å². The van der Waals surface area contributed by atoms with Gasteiger partial charge in [-0.1, -0.05) is 20.8 Å². The van der Waals surface area contributed by atoms with Crippen LogP contribution in [0.2, 0.25) is 0 Å². The van der Waals surface area contributed by atoms with E-state index in [-0.39, 0.29) is 0 Å². The first kappa shape index (κ1) is 15.3. The third-order valence-electron chi connectivity index (χ3n) is 5.77. The van der Waals surface area contributed by atoms with Gasteiger partial charge >= 0.3 is 0 Å². The zero-order valence-electron chi connectivity index (χ0n) is 13.2. The molecule has 0 unspecified atom stereocenters. The highest BCUT2D eigenvalue weighted by molar-refractivity contribution is 4.97. The zero-order chi connectivity index (χ0) is 13.9. The molecule has 1 saturated carbocycles. The van der Waals surface area contributed by atoms with E-state index in [2.05, 4.69) is 30.6 Å². The van der Waals surface area contributed by atoms with Crippen molar-refractivity contribution in [3.63, 3.8) is 0 Å². The van der Waals surface area contributed by atoms with Crippen LogP contribution in [-0.2, 0) is 0 Å². The van der Waals surface area contributed by atoms with Gasteiger partial charge in [-0.2, -0.15) is 0 Å². The summed E-state index contributed by atoms with van der Waals surface area (Å²) in [5, 5.41) is 0. The van der Waals surface area contributed by atoms with Crippen LogP contribution in [-0.4, -0.2) is 54.6 Å². The van der Waals surface area contributed by atoms with Crippen molar-refractivity contribution in [2.75, 3.05) is 39.3 Å². The van der Waals surface area contributed by atoms with E-state index >= 15 is 0 Å². The lowest BCUT2D eigenvalue weighted by Crippen LogP contribution is -2.61. The van der Waals surface area contributed by atoms with Crippen molar-refractivity contribution in [2.24, 2.45) is 17.6 Å². The third-order valence-corrected chi connectivity index (χ3v) is 5.77. The van der Waals surface area contributed by atoms with Crippen LogP contribution in [0.5, 0.6) is 0 Å². The molecule has 2 aliphatic rings. The molecular weight excluding hydrogens is 234 g/mol. The second-order valence-electron chi connectivity index (χ2n) is 6.93. The smallest absolute Gasteiger partial charge is 0.0333 e. The Morgan fingerprint density at radius 2 is 1.68 bits per heavy atom. The summed E-state index contributed by atoms with van der Waals surface area (Å²) in [7, 11) is 0. The molecule has 3 nitrogen and oxygen atoms in total. The molecule has 2 fully saturated rings. The van der Waals surface area contributed by atoms with E-state index in [9.17, 15) is 0 Å². The molecule has 112 valence electrons. The Morgan fingerprint density at radius 1 is 1.11 bits per heavy atom. The second kappa shape index (κ2) is 6.55. The first-order valence-electron chi connectivity index (χ1n) is 8.29. The van der Waals surface area contributed by atoms with E-state index < -0.39 is 0 Å². The first-order chi connectivity index (χ1) is 9.11. The molecule has 2 rings (SSSR count). The average molecular weight is 267 g/mol. The highest BCUT2D eigenvalue weighted by Gasteiger charge is 2.40. The van der Waals surface area contributed by atoms with Crippen LogP contribution in [0.15, 0.2) is 0 Å². The number of rotatable bonds is 4. The molecule has 3 heteroatoms. The fraction of sp³-hybridized carbons (Fsp3) is 1.00. The number of piperazine rings is 1. The van der Waals surface area contributed by atoms with Gasteiger partial charge < -0.3 is 10.6 Å². The van der Waals surface area contributed by atoms with Crippen LogP contribution in [0.1, 0.15) is 46.5 Å². The molecule has 0 radical (unpaired) electrons. The van der Waals surface area contributed by atoms with Crippen molar-refractivity contribution in [1.29, 1.82) is 0 Å². The molecule has 1 aliphatic carbocycles. The summed E-state index contributed by atoms with van der Waals surface area (Å²) in [6, 6.07) is 0. The molecule has 0 atom stereocenters. The van der Waals surface area contributed by atoms with Crippen molar-refractivity contribution in [2.45, 2.75) is 52.0 Å². The predicted molar refractivity (Wildman–Crippen MR) is 82.3 cm³/mol. The van der Waals surface area contributed by atoms with Crippen molar-refractivity contribution in [1.82, 2.24) is 9.80 Å². The molecule has 0 aromatic heterocycles. The number of nitrogens with two attached hydrogens (primary N) is 1. The van der Waals surface area contributed by atoms with Crippen LogP contribution < -0.4 is 5.73 Å². The minimum absolute atomic E-state index is 0.325. The van der Waals surface area contributed by atoms with Crippen molar-refractivity contribution in [3.8, 4) is 0 Å². The van der Waals surface area contributed by atoms with Crippen LogP contribution in [0.3, 0.4) is 0 Å². The Bertz CT molecular complexity index is 261. The van der Waals surface area contributed by atoms with Gasteiger partial charge in [0.25, 0.3) is 0 Å². The number of hydrogen-bond donors (Lipinski definition) is 1. The fourth-order valence-corrected chi connectivity index (χ4v) is 4.03. The highest BCUT2D eigenvalue weighted by Crippen LogP contribution is 2.39. The fourth-order valence-electron chi connectivity index (χ4n) is 4.03. The highest BCUT2D eigenvalue weighted by atomic mass is 15.3. The topological polar surface area (TPSA) is 32.5 Å². The maximum absolute atomic E-state index is 6.20. The second-order valence-corrected chi connectivity index (χ2v) is 6.93. The molecule has 0 bridgehead atoms. The normalized spacial score (nSPS) is 34.9. The summed E-state index contributed by atoms with van der Waals surface area (Å²) in [6.07, 6.45) is 5.39. The van der Waals surface area contributed by atoms with E-state index in [1.54, 1.807) is 0 Å². The van der Waals surface area contributed by atoms with E-state index in [0.29, 0.717) is 5.54 Å². The van der Waals surface area contributed by atoms with E-state index in [0.717, 1.165) is 18.4 Å². The SMILES string of the molecule is CCN1CCN(C2(CN)CCC(C(C)C)CC2)CC1. The Morgan fingerprint density at radius 3 is 2.11 bits per heavy atom. The van der Waals surface area contributed by atoms with Gasteiger partial charge in [-0.25, -0.2) is 0 Å². The van der Waals surface area contributed by atoms with Gasteiger partial charge in [0, 0.05) is 38.3 Å². The standard InChI is InChI=1S/C16H33N3/c1-4-18-9-11-19(12-10-18)16(13-17)7-5-15(6-8-16)14(2)3/h14-15H,4-13,17H2,1-3H3. The molecule has 2 N–H and O–H groups in total. The largest absolute Gasteiger partial charge is 0.329 e. The Labute approximate surface area is 119 Å². The van der Waals surface area contributed by atoms with Gasteiger partial charge in [0.2, 0.25) is 0 Å². The van der Waals surface area contributed by atoms with Crippen molar-refractivity contribution in [3.05, 3.63) is 0 Å². The molecular formula is C16H33N3. The summed E-state index contributed by atoms with van der Waals surface area (Å²) in [5.41, 5.74) is 6.53. The summed E-state index contributed by atoms with van der Waals surface area (Å²) >= 11 is 0. The summed E-state index contributed by atoms with van der Waals surface area (Å²) in [6.45, 7) is 14.0. The minimum atomic E-state index is 0.325. The van der Waals surface area contributed by atoms with E-state index in [1.165, 1.54) is 58.4 Å². The van der Waals surface area contributed by atoms with Gasteiger partial charge in [0.1, 0.15) is 0 Å². The van der Waals surface area contributed by atoms with Gasteiger partial charge in [-0.05, 0) is 44.1 Å². The van der Waals surface area contributed by atoms with Crippen LogP contribution in [0.4, 0.5) is 0 Å². The summed E-state index contributed by atoms with van der Waals surface area (Å²) < 4.78 is 0. The van der Waals surface area contributed by atoms with Gasteiger partial charge in [0.05, 0.1) is 0 Å². The average Bonchev–Trinajstić information content (AvgIpc) is 2.47. The first-order valence-corrected chi connectivity index (χ1v) is 8.29. The van der Waals surface area contributed by atoms with Crippen LogP contribution in [0.25, 0.3) is 0 Å². The molecule has 1 aliphatic heterocycles. The molecule has 0 aromatic rings. The van der Waals surface area contributed by atoms with E-state index in [1.807, 2.05) is 0 Å². The lowest BCUT2D eigenvalue weighted by Gasteiger charge is -2.51. The monoisotopic (exact) mass is 267 g/mol. The molecule has 0 amide bonds. The van der Waals surface area contributed by atoms with E-state index in [4.69, 9.17) is 5.73 Å². The lowest BCUT2D eigenvalue weighted by atomic mass is 9.72. The van der Waals surface area contributed by atoms with Crippen LogP contribution in [0, 0.1) is 11.8 Å². The Balaban J connectivity index is 1.93. The number of hydrogen-bond acceptors (Lipinski definition) is 3. The summed E-state index contributed by atoms with van der Waals surface area (Å²) in [4.78, 5) is 5.27.